The first-order chi connectivity index (χ1) is 11.1. The number of nitrogens with one attached hydrogen (secondary N) is 1. The summed E-state index contributed by atoms with van der Waals surface area (Å²) < 4.78 is 5.51. The van der Waals surface area contributed by atoms with E-state index in [1.54, 1.807) is 0 Å². The molecule has 0 fully saturated rings. The second-order valence-electron chi connectivity index (χ2n) is 5.44. The first-order valence-electron chi connectivity index (χ1n) is 7.27. The first kappa shape index (κ1) is 15.4. The van der Waals surface area contributed by atoms with Gasteiger partial charge in [-0.15, -0.1) is 10.2 Å². The second-order valence-corrected chi connectivity index (χ2v) is 6.50. The largest absolute Gasteiger partial charge is 0.437 e. The fourth-order valence-electron chi connectivity index (χ4n) is 1.99. The SMILES string of the molecule is CC(C)Cc1nnc(NC(=O)/C=C/c2nc3ccccc3o2)s1. The monoisotopic (exact) mass is 328 g/mol. The van der Waals surface area contributed by atoms with Gasteiger partial charge in [0.25, 0.3) is 0 Å². The number of hydrogen-bond donors (Lipinski definition) is 1. The molecule has 0 saturated carbocycles. The number of oxazole rings is 1. The predicted octanol–water partition coefficient (Wildman–Crippen LogP) is 3.53. The van der Waals surface area contributed by atoms with E-state index in [4.69, 9.17) is 4.42 Å². The number of carbonyl (C=O) groups excluding carboxylic acids is 1. The van der Waals surface area contributed by atoms with Gasteiger partial charge >= 0.3 is 0 Å². The van der Waals surface area contributed by atoms with Crippen LogP contribution >= 0.6 is 11.3 Å². The lowest BCUT2D eigenvalue weighted by Gasteiger charge is -1.97. The van der Waals surface area contributed by atoms with Crippen LogP contribution in [0, 0.1) is 5.92 Å². The van der Waals surface area contributed by atoms with Crippen molar-refractivity contribution < 1.29 is 9.21 Å². The summed E-state index contributed by atoms with van der Waals surface area (Å²) in [5.41, 5.74) is 1.45. The van der Waals surface area contributed by atoms with Crippen molar-refractivity contribution in [2.24, 2.45) is 5.92 Å². The lowest BCUT2D eigenvalue weighted by Crippen LogP contribution is -2.07. The lowest BCUT2D eigenvalue weighted by molar-refractivity contribution is -0.111. The number of rotatable bonds is 5. The minimum absolute atomic E-state index is 0.292. The molecule has 0 aliphatic heterocycles. The van der Waals surface area contributed by atoms with E-state index in [1.807, 2.05) is 24.3 Å². The van der Waals surface area contributed by atoms with E-state index >= 15 is 0 Å². The van der Waals surface area contributed by atoms with Gasteiger partial charge in [-0.25, -0.2) is 4.98 Å². The molecule has 6 nitrogen and oxygen atoms in total. The zero-order chi connectivity index (χ0) is 16.2. The Morgan fingerprint density at radius 3 is 2.96 bits per heavy atom. The molecule has 0 aliphatic carbocycles. The van der Waals surface area contributed by atoms with Gasteiger partial charge in [-0.2, -0.15) is 0 Å². The molecule has 3 rings (SSSR count). The molecule has 118 valence electrons. The molecule has 0 spiro atoms. The van der Waals surface area contributed by atoms with E-state index in [-0.39, 0.29) is 5.91 Å². The maximum absolute atomic E-state index is 11.9. The third-order valence-electron chi connectivity index (χ3n) is 2.97. The van der Waals surface area contributed by atoms with Crippen molar-refractivity contribution in [2.45, 2.75) is 20.3 Å². The number of benzene rings is 1. The van der Waals surface area contributed by atoms with E-state index in [0.29, 0.717) is 22.5 Å². The highest BCUT2D eigenvalue weighted by atomic mass is 32.1. The molecular weight excluding hydrogens is 312 g/mol. The summed E-state index contributed by atoms with van der Waals surface area (Å²) in [6.07, 6.45) is 3.76. The Balaban J connectivity index is 1.63. The van der Waals surface area contributed by atoms with E-state index in [1.165, 1.54) is 23.5 Å². The second kappa shape index (κ2) is 6.70. The number of amides is 1. The molecule has 0 bridgehead atoms. The molecule has 0 unspecified atom stereocenters. The third kappa shape index (κ3) is 4.01. The number of para-hydroxylation sites is 2. The molecule has 3 aromatic rings. The summed E-state index contributed by atoms with van der Waals surface area (Å²) in [6, 6.07) is 7.44. The van der Waals surface area contributed by atoms with Crippen LogP contribution < -0.4 is 5.32 Å². The number of fused-ring (bicyclic) bond motifs is 1. The van der Waals surface area contributed by atoms with Gasteiger partial charge in [-0.1, -0.05) is 37.3 Å². The van der Waals surface area contributed by atoms with Crippen LogP contribution in [0.1, 0.15) is 24.7 Å². The minimum atomic E-state index is -0.292. The van der Waals surface area contributed by atoms with Crippen LogP contribution in [0.5, 0.6) is 0 Å². The Labute approximate surface area is 137 Å². The van der Waals surface area contributed by atoms with Crippen molar-refractivity contribution in [2.75, 3.05) is 5.32 Å². The van der Waals surface area contributed by atoms with Crippen LogP contribution in [-0.4, -0.2) is 21.1 Å². The van der Waals surface area contributed by atoms with Crippen LogP contribution in [0.25, 0.3) is 17.2 Å². The fourth-order valence-corrected chi connectivity index (χ4v) is 2.95. The van der Waals surface area contributed by atoms with Crippen molar-refractivity contribution in [1.82, 2.24) is 15.2 Å². The number of hydrogen-bond acceptors (Lipinski definition) is 6. The standard InChI is InChI=1S/C16H16N4O2S/c1-10(2)9-15-19-20-16(23-15)18-13(21)7-8-14-17-11-5-3-4-6-12(11)22-14/h3-8,10H,9H2,1-2H3,(H,18,20,21)/b8-7+. The minimum Gasteiger partial charge on any atom is -0.437 e. The summed E-state index contributed by atoms with van der Waals surface area (Å²) in [5.74, 6) is 0.601. The van der Waals surface area contributed by atoms with Gasteiger partial charge < -0.3 is 4.42 Å². The van der Waals surface area contributed by atoms with Crippen molar-refractivity contribution in [1.29, 1.82) is 0 Å². The van der Waals surface area contributed by atoms with Crippen molar-refractivity contribution in [3.8, 4) is 0 Å². The molecule has 0 aliphatic rings. The van der Waals surface area contributed by atoms with Crippen LogP contribution in [0.4, 0.5) is 5.13 Å². The molecule has 7 heteroatoms. The molecule has 0 radical (unpaired) electrons. The Morgan fingerprint density at radius 1 is 1.35 bits per heavy atom. The molecule has 2 heterocycles. The fraction of sp³-hybridized carbons (Fsp3) is 0.250. The van der Waals surface area contributed by atoms with Crippen molar-refractivity contribution >= 4 is 39.6 Å². The summed E-state index contributed by atoms with van der Waals surface area (Å²) in [7, 11) is 0. The summed E-state index contributed by atoms with van der Waals surface area (Å²) in [4.78, 5) is 16.2. The van der Waals surface area contributed by atoms with Gasteiger partial charge in [0, 0.05) is 18.6 Å². The normalized spacial score (nSPS) is 11.6. The molecule has 1 amide bonds. The highest BCUT2D eigenvalue weighted by Crippen LogP contribution is 2.18. The number of aromatic nitrogens is 3. The van der Waals surface area contributed by atoms with Crippen molar-refractivity contribution in [3.63, 3.8) is 0 Å². The maximum atomic E-state index is 11.9. The average molecular weight is 328 g/mol. The number of anilines is 1. The molecular formula is C16H16N4O2S. The van der Waals surface area contributed by atoms with Gasteiger partial charge in [0.15, 0.2) is 5.58 Å². The van der Waals surface area contributed by atoms with Gasteiger partial charge in [0.2, 0.25) is 16.9 Å². The molecule has 0 saturated heterocycles. The van der Waals surface area contributed by atoms with E-state index in [0.717, 1.165) is 16.9 Å². The Kier molecular flexibility index (Phi) is 4.47. The lowest BCUT2D eigenvalue weighted by atomic mass is 10.1. The third-order valence-corrected chi connectivity index (χ3v) is 3.83. The van der Waals surface area contributed by atoms with Crippen LogP contribution in [0.3, 0.4) is 0 Å². The molecule has 2 aromatic heterocycles. The van der Waals surface area contributed by atoms with Gasteiger partial charge in [0.05, 0.1) is 0 Å². The summed E-state index contributed by atoms with van der Waals surface area (Å²) in [5, 5.41) is 12.1. The van der Waals surface area contributed by atoms with Gasteiger partial charge in [0.1, 0.15) is 10.5 Å². The van der Waals surface area contributed by atoms with Gasteiger partial charge in [-0.3, -0.25) is 10.1 Å². The smallest absolute Gasteiger partial charge is 0.250 e. The Bertz CT molecular complexity index is 818. The molecule has 23 heavy (non-hydrogen) atoms. The Hall–Kier alpha value is -2.54. The topological polar surface area (TPSA) is 80.9 Å². The quantitative estimate of drug-likeness (QED) is 0.725. The average Bonchev–Trinajstić information content (AvgIpc) is 3.10. The van der Waals surface area contributed by atoms with Crippen LogP contribution in [0.15, 0.2) is 34.8 Å². The Morgan fingerprint density at radius 2 is 2.17 bits per heavy atom. The van der Waals surface area contributed by atoms with Crippen LogP contribution in [0.2, 0.25) is 0 Å². The molecule has 1 aromatic carbocycles. The summed E-state index contributed by atoms with van der Waals surface area (Å²) in [6.45, 7) is 4.23. The molecule has 1 N–H and O–H groups in total. The van der Waals surface area contributed by atoms with Gasteiger partial charge in [-0.05, 0) is 18.1 Å². The van der Waals surface area contributed by atoms with Crippen molar-refractivity contribution in [3.05, 3.63) is 41.2 Å². The predicted molar refractivity (Wildman–Crippen MR) is 90.1 cm³/mol. The van der Waals surface area contributed by atoms with E-state index in [9.17, 15) is 4.79 Å². The highest BCUT2D eigenvalue weighted by molar-refractivity contribution is 7.15. The zero-order valence-electron chi connectivity index (χ0n) is 12.8. The first-order valence-corrected chi connectivity index (χ1v) is 8.09. The summed E-state index contributed by atoms with van der Waals surface area (Å²) >= 11 is 1.39. The van der Waals surface area contributed by atoms with Crippen LogP contribution in [-0.2, 0) is 11.2 Å². The number of nitrogens with zero attached hydrogens (tertiary/aromatic N) is 3. The highest BCUT2D eigenvalue weighted by Gasteiger charge is 2.08. The number of carbonyl (C=O) groups is 1. The maximum Gasteiger partial charge on any atom is 0.250 e. The zero-order valence-corrected chi connectivity index (χ0v) is 13.6. The molecule has 0 atom stereocenters. The van der Waals surface area contributed by atoms with E-state index in [2.05, 4.69) is 34.3 Å². The van der Waals surface area contributed by atoms with E-state index < -0.39 is 0 Å².